The van der Waals surface area contributed by atoms with Gasteiger partial charge in [-0.1, -0.05) is 11.6 Å². The van der Waals surface area contributed by atoms with Crippen molar-refractivity contribution in [3.63, 3.8) is 0 Å². The molecule has 9 nitrogen and oxygen atoms in total. The van der Waals surface area contributed by atoms with E-state index in [1.165, 1.54) is 10.8 Å². The standard InChI is InChI=1S/C16H13ClF3N7O2/c17-11-8-12(13(27(28)29)7-10(11)16(18,19)20)24-3-5-25(6-4-24)15-2-1-14-22-21-9-26(14)23-15/h1-2,7-9H,3-6H2. The summed E-state index contributed by atoms with van der Waals surface area (Å²) >= 11 is 5.77. The van der Waals surface area contributed by atoms with Crippen LogP contribution < -0.4 is 9.80 Å². The number of alkyl halides is 3. The van der Waals surface area contributed by atoms with Crippen molar-refractivity contribution in [2.45, 2.75) is 6.18 Å². The van der Waals surface area contributed by atoms with Gasteiger partial charge in [-0.2, -0.15) is 17.7 Å². The summed E-state index contributed by atoms with van der Waals surface area (Å²) in [6.45, 7) is 1.64. The third-order valence-electron chi connectivity index (χ3n) is 4.66. The molecule has 3 aromatic rings. The first kappa shape index (κ1) is 19.2. The molecule has 1 saturated heterocycles. The van der Waals surface area contributed by atoms with E-state index in [0.717, 1.165) is 6.07 Å². The normalized spacial score (nSPS) is 15.2. The van der Waals surface area contributed by atoms with Gasteiger partial charge in [0.1, 0.15) is 17.8 Å². The number of nitrogens with zero attached hydrogens (tertiary/aromatic N) is 7. The van der Waals surface area contributed by atoms with E-state index in [9.17, 15) is 23.3 Å². The minimum Gasteiger partial charge on any atom is -0.362 e. The lowest BCUT2D eigenvalue weighted by atomic mass is 10.1. The Morgan fingerprint density at radius 3 is 2.45 bits per heavy atom. The minimum absolute atomic E-state index is 0.0647. The zero-order valence-electron chi connectivity index (χ0n) is 14.7. The van der Waals surface area contributed by atoms with Gasteiger partial charge in [0.2, 0.25) is 0 Å². The van der Waals surface area contributed by atoms with Gasteiger partial charge in [0.25, 0.3) is 5.69 Å². The lowest BCUT2D eigenvalue weighted by Gasteiger charge is -2.36. The average Bonchev–Trinajstić information content (AvgIpc) is 3.14. The Kier molecular flexibility index (Phi) is 4.65. The smallest absolute Gasteiger partial charge is 0.362 e. The summed E-state index contributed by atoms with van der Waals surface area (Å²) in [5.74, 6) is 0.678. The molecule has 0 saturated carbocycles. The molecule has 2 aromatic heterocycles. The summed E-state index contributed by atoms with van der Waals surface area (Å²) < 4.78 is 40.7. The number of nitro benzene ring substituents is 1. The molecular formula is C16H13ClF3N7O2. The predicted molar refractivity (Wildman–Crippen MR) is 98.3 cm³/mol. The van der Waals surface area contributed by atoms with E-state index in [1.807, 2.05) is 4.90 Å². The highest BCUT2D eigenvalue weighted by Gasteiger charge is 2.37. The molecule has 29 heavy (non-hydrogen) atoms. The molecule has 0 bridgehead atoms. The topological polar surface area (TPSA) is 92.7 Å². The molecule has 152 valence electrons. The first-order valence-electron chi connectivity index (χ1n) is 8.46. The number of fused-ring (bicyclic) bond motifs is 1. The summed E-state index contributed by atoms with van der Waals surface area (Å²) in [7, 11) is 0. The van der Waals surface area contributed by atoms with Gasteiger partial charge < -0.3 is 9.80 Å². The molecule has 4 rings (SSSR count). The Morgan fingerprint density at radius 1 is 1.10 bits per heavy atom. The van der Waals surface area contributed by atoms with Crippen LogP contribution in [0.25, 0.3) is 5.65 Å². The minimum atomic E-state index is -4.77. The maximum atomic E-state index is 13.0. The molecule has 0 aliphatic carbocycles. The number of piperazine rings is 1. The van der Waals surface area contributed by atoms with Crippen molar-refractivity contribution in [3.05, 3.63) is 51.3 Å². The van der Waals surface area contributed by atoms with Crippen molar-refractivity contribution in [3.8, 4) is 0 Å². The fourth-order valence-electron chi connectivity index (χ4n) is 3.23. The predicted octanol–water partition coefficient (Wildman–Crippen LogP) is 3.03. The molecule has 0 spiro atoms. The van der Waals surface area contributed by atoms with E-state index in [-0.39, 0.29) is 5.69 Å². The summed E-state index contributed by atoms with van der Waals surface area (Å²) in [5.41, 5.74) is -1.18. The van der Waals surface area contributed by atoms with Crippen molar-refractivity contribution in [2.24, 2.45) is 0 Å². The largest absolute Gasteiger partial charge is 0.418 e. The quantitative estimate of drug-likeness (QED) is 0.468. The second-order valence-electron chi connectivity index (χ2n) is 6.37. The molecular weight excluding hydrogens is 415 g/mol. The number of halogens is 4. The van der Waals surface area contributed by atoms with Crippen LogP contribution in [0.2, 0.25) is 5.02 Å². The first-order chi connectivity index (χ1) is 13.7. The van der Waals surface area contributed by atoms with Crippen LogP contribution in [0.5, 0.6) is 0 Å². The molecule has 1 aromatic carbocycles. The van der Waals surface area contributed by atoms with Gasteiger partial charge in [-0.15, -0.1) is 15.3 Å². The van der Waals surface area contributed by atoms with E-state index < -0.39 is 27.4 Å². The van der Waals surface area contributed by atoms with Gasteiger partial charge in [-0.3, -0.25) is 10.1 Å². The zero-order valence-corrected chi connectivity index (χ0v) is 15.4. The van der Waals surface area contributed by atoms with Crippen molar-refractivity contribution in [1.82, 2.24) is 19.8 Å². The molecule has 0 radical (unpaired) electrons. The third kappa shape index (κ3) is 3.62. The fourth-order valence-corrected chi connectivity index (χ4v) is 3.50. The van der Waals surface area contributed by atoms with Crippen LogP contribution >= 0.6 is 11.6 Å². The molecule has 0 atom stereocenters. The molecule has 0 N–H and O–H groups in total. The lowest BCUT2D eigenvalue weighted by molar-refractivity contribution is -0.384. The van der Waals surface area contributed by atoms with Gasteiger partial charge in [-0.25, -0.2) is 0 Å². The Labute approximate surface area is 166 Å². The van der Waals surface area contributed by atoms with Crippen molar-refractivity contribution >= 4 is 34.4 Å². The highest BCUT2D eigenvalue weighted by molar-refractivity contribution is 6.31. The number of rotatable bonds is 3. The fraction of sp³-hybridized carbons (Fsp3) is 0.312. The van der Waals surface area contributed by atoms with Gasteiger partial charge >= 0.3 is 6.18 Å². The van der Waals surface area contributed by atoms with Crippen LogP contribution in [0, 0.1) is 10.1 Å². The van der Waals surface area contributed by atoms with Gasteiger partial charge in [0.05, 0.1) is 15.5 Å². The van der Waals surface area contributed by atoms with E-state index in [1.54, 1.807) is 17.0 Å². The molecule has 0 unspecified atom stereocenters. The van der Waals surface area contributed by atoms with Crippen molar-refractivity contribution in [2.75, 3.05) is 36.0 Å². The van der Waals surface area contributed by atoms with Crippen molar-refractivity contribution < 1.29 is 18.1 Å². The second kappa shape index (κ2) is 7.03. The van der Waals surface area contributed by atoms with E-state index in [0.29, 0.717) is 43.7 Å². The monoisotopic (exact) mass is 427 g/mol. The summed E-state index contributed by atoms with van der Waals surface area (Å²) in [5, 5.41) is 22.9. The van der Waals surface area contributed by atoms with Crippen LogP contribution in [0.3, 0.4) is 0 Å². The summed E-state index contributed by atoms with van der Waals surface area (Å²) in [6.07, 6.45) is -3.30. The first-order valence-corrected chi connectivity index (χ1v) is 8.84. The van der Waals surface area contributed by atoms with Crippen LogP contribution in [0.1, 0.15) is 5.56 Å². The van der Waals surface area contributed by atoms with Crippen LogP contribution in [0.15, 0.2) is 30.6 Å². The van der Waals surface area contributed by atoms with Crippen molar-refractivity contribution in [1.29, 1.82) is 0 Å². The molecule has 3 heterocycles. The van der Waals surface area contributed by atoms with Crippen LogP contribution in [-0.2, 0) is 6.18 Å². The Bertz CT molecular complexity index is 1080. The van der Waals surface area contributed by atoms with E-state index in [2.05, 4.69) is 15.3 Å². The molecule has 1 aliphatic heterocycles. The van der Waals surface area contributed by atoms with E-state index in [4.69, 9.17) is 11.6 Å². The summed E-state index contributed by atoms with van der Waals surface area (Å²) in [6, 6.07) is 5.06. The van der Waals surface area contributed by atoms with Gasteiger partial charge in [0, 0.05) is 32.2 Å². The Morgan fingerprint density at radius 2 is 1.79 bits per heavy atom. The van der Waals surface area contributed by atoms with Gasteiger partial charge in [0.15, 0.2) is 5.65 Å². The highest BCUT2D eigenvalue weighted by atomic mass is 35.5. The van der Waals surface area contributed by atoms with Crippen LogP contribution in [0.4, 0.5) is 30.4 Å². The summed E-state index contributed by atoms with van der Waals surface area (Å²) in [4.78, 5) is 14.2. The molecule has 13 heteroatoms. The average molecular weight is 428 g/mol. The zero-order chi connectivity index (χ0) is 20.8. The number of hydrogen-bond acceptors (Lipinski definition) is 7. The number of benzene rings is 1. The number of hydrogen-bond donors (Lipinski definition) is 0. The molecule has 1 aliphatic rings. The Balaban J connectivity index is 1.57. The number of aromatic nitrogens is 4. The highest BCUT2D eigenvalue weighted by Crippen LogP contribution is 2.41. The SMILES string of the molecule is O=[N+]([O-])c1cc(C(F)(F)F)c(Cl)cc1N1CCN(c2ccc3nncn3n2)CC1. The molecule has 0 amide bonds. The maximum absolute atomic E-state index is 13.0. The Hall–Kier alpha value is -3.15. The number of nitro groups is 1. The lowest BCUT2D eigenvalue weighted by Crippen LogP contribution is -2.47. The van der Waals surface area contributed by atoms with Crippen LogP contribution in [-0.4, -0.2) is 50.9 Å². The van der Waals surface area contributed by atoms with Gasteiger partial charge in [-0.05, 0) is 18.2 Å². The maximum Gasteiger partial charge on any atom is 0.418 e. The second-order valence-corrected chi connectivity index (χ2v) is 6.78. The third-order valence-corrected chi connectivity index (χ3v) is 4.97. The molecule has 1 fully saturated rings. The van der Waals surface area contributed by atoms with E-state index >= 15 is 0 Å². The number of anilines is 2.